The molecule has 1 aliphatic carbocycles. The highest BCUT2D eigenvalue weighted by atomic mass is 15.2. The molecule has 3 aromatic rings. The van der Waals surface area contributed by atoms with Crippen LogP contribution in [0.2, 0.25) is 0 Å². The van der Waals surface area contributed by atoms with Crippen molar-refractivity contribution in [1.82, 2.24) is 20.2 Å². The molecule has 1 aliphatic rings. The highest BCUT2D eigenvalue weighted by Gasteiger charge is 2.25. The molecule has 0 amide bonds. The van der Waals surface area contributed by atoms with Gasteiger partial charge in [-0.15, -0.1) is 0 Å². The average Bonchev–Trinajstić information content (AvgIpc) is 3.35. The van der Waals surface area contributed by atoms with Crippen LogP contribution in [-0.2, 0) is 6.42 Å². The van der Waals surface area contributed by atoms with E-state index in [-0.39, 0.29) is 0 Å². The summed E-state index contributed by atoms with van der Waals surface area (Å²) in [5.41, 5.74) is 3.52. The Morgan fingerprint density at radius 1 is 1.17 bits per heavy atom. The van der Waals surface area contributed by atoms with Gasteiger partial charge in [0.2, 0.25) is 0 Å². The van der Waals surface area contributed by atoms with Crippen LogP contribution in [0, 0.1) is 0 Å². The summed E-state index contributed by atoms with van der Waals surface area (Å²) in [6, 6.07) is 12.3. The summed E-state index contributed by atoms with van der Waals surface area (Å²) >= 11 is 0. The van der Waals surface area contributed by atoms with Crippen molar-refractivity contribution in [2.75, 3.05) is 5.32 Å². The molecule has 23 heavy (non-hydrogen) atoms. The average molecular weight is 305 g/mol. The van der Waals surface area contributed by atoms with Crippen LogP contribution in [0.15, 0.2) is 42.6 Å². The zero-order chi connectivity index (χ0) is 15.6. The standard InChI is InChI=1S/C18H19N5/c1-2-12-4-3-5-14(10-12)18-19-9-8-16(21-18)20-17-11-15(22-23-17)13-6-7-13/h3-5,8-11,13H,2,6-7H2,1H3,(H2,19,20,21,22,23). The second-order valence-corrected chi connectivity index (χ2v) is 5.93. The molecule has 0 saturated heterocycles. The van der Waals surface area contributed by atoms with Gasteiger partial charge in [-0.2, -0.15) is 5.10 Å². The lowest BCUT2D eigenvalue weighted by molar-refractivity contribution is 0.966. The number of hydrogen-bond acceptors (Lipinski definition) is 4. The maximum Gasteiger partial charge on any atom is 0.161 e. The van der Waals surface area contributed by atoms with Gasteiger partial charge >= 0.3 is 0 Å². The molecule has 5 heteroatoms. The minimum absolute atomic E-state index is 0.663. The molecule has 0 atom stereocenters. The molecule has 0 bridgehead atoms. The summed E-state index contributed by atoms with van der Waals surface area (Å²) in [5.74, 6) is 2.95. The zero-order valence-electron chi connectivity index (χ0n) is 13.1. The Kier molecular flexibility index (Phi) is 3.54. The lowest BCUT2D eigenvalue weighted by atomic mass is 10.1. The monoisotopic (exact) mass is 305 g/mol. The third kappa shape index (κ3) is 3.08. The van der Waals surface area contributed by atoms with E-state index in [0.29, 0.717) is 5.92 Å². The molecule has 2 N–H and O–H groups in total. The fourth-order valence-electron chi connectivity index (χ4n) is 2.63. The summed E-state index contributed by atoms with van der Waals surface area (Å²) in [5, 5.41) is 10.7. The Labute approximate surface area is 135 Å². The first kappa shape index (κ1) is 13.9. The quantitative estimate of drug-likeness (QED) is 0.746. The maximum atomic E-state index is 4.61. The van der Waals surface area contributed by atoms with Gasteiger partial charge in [0.15, 0.2) is 11.6 Å². The first-order valence-corrected chi connectivity index (χ1v) is 8.06. The summed E-state index contributed by atoms with van der Waals surface area (Å²) in [7, 11) is 0. The number of anilines is 2. The van der Waals surface area contributed by atoms with Gasteiger partial charge in [-0.05, 0) is 37.0 Å². The fourth-order valence-corrected chi connectivity index (χ4v) is 2.63. The number of hydrogen-bond donors (Lipinski definition) is 2. The molecule has 0 unspecified atom stereocenters. The molecule has 0 radical (unpaired) electrons. The Hall–Kier alpha value is -2.69. The predicted molar refractivity (Wildman–Crippen MR) is 90.7 cm³/mol. The van der Waals surface area contributed by atoms with Gasteiger partial charge in [-0.25, -0.2) is 9.97 Å². The van der Waals surface area contributed by atoms with Gasteiger partial charge < -0.3 is 5.32 Å². The SMILES string of the molecule is CCc1cccc(-c2nccc(Nc3cc(C4CC4)[nH]n3)n2)c1. The number of benzene rings is 1. The number of aromatic nitrogens is 4. The molecule has 1 aromatic carbocycles. The fraction of sp³-hybridized carbons (Fsp3) is 0.278. The molecular weight excluding hydrogens is 286 g/mol. The number of rotatable bonds is 5. The highest BCUT2D eigenvalue weighted by molar-refractivity contribution is 5.60. The third-order valence-electron chi connectivity index (χ3n) is 4.12. The molecule has 2 heterocycles. The van der Waals surface area contributed by atoms with Crippen molar-refractivity contribution in [2.24, 2.45) is 0 Å². The normalized spacial score (nSPS) is 14.0. The van der Waals surface area contributed by atoms with Crippen LogP contribution in [0.3, 0.4) is 0 Å². The number of nitrogens with zero attached hydrogens (tertiary/aromatic N) is 3. The molecule has 2 aromatic heterocycles. The van der Waals surface area contributed by atoms with E-state index in [1.165, 1.54) is 24.1 Å². The van der Waals surface area contributed by atoms with Crippen molar-refractivity contribution in [3.05, 3.63) is 53.9 Å². The van der Waals surface area contributed by atoms with E-state index >= 15 is 0 Å². The van der Waals surface area contributed by atoms with Crippen LogP contribution in [0.4, 0.5) is 11.6 Å². The number of aromatic amines is 1. The number of aryl methyl sites for hydroxylation is 1. The van der Waals surface area contributed by atoms with Crippen molar-refractivity contribution < 1.29 is 0 Å². The van der Waals surface area contributed by atoms with E-state index < -0.39 is 0 Å². The van der Waals surface area contributed by atoms with Crippen molar-refractivity contribution in [2.45, 2.75) is 32.1 Å². The van der Waals surface area contributed by atoms with Crippen molar-refractivity contribution >= 4 is 11.6 Å². The lowest BCUT2D eigenvalue weighted by Crippen LogP contribution is -1.97. The molecule has 1 saturated carbocycles. The Bertz CT molecular complexity index is 820. The minimum Gasteiger partial charge on any atom is -0.323 e. The summed E-state index contributed by atoms with van der Waals surface area (Å²) in [6.07, 6.45) is 5.29. The van der Waals surface area contributed by atoms with Gasteiger partial charge in [-0.1, -0.05) is 25.1 Å². The van der Waals surface area contributed by atoms with E-state index in [1.807, 2.05) is 18.2 Å². The Morgan fingerprint density at radius 2 is 2.09 bits per heavy atom. The van der Waals surface area contributed by atoms with Crippen LogP contribution >= 0.6 is 0 Å². The largest absolute Gasteiger partial charge is 0.323 e. The van der Waals surface area contributed by atoms with Gasteiger partial charge in [0.1, 0.15) is 5.82 Å². The molecular formula is C18H19N5. The second-order valence-electron chi connectivity index (χ2n) is 5.93. The first-order valence-electron chi connectivity index (χ1n) is 8.06. The lowest BCUT2D eigenvalue weighted by Gasteiger charge is -2.05. The predicted octanol–water partition coefficient (Wildman–Crippen LogP) is 4.05. The van der Waals surface area contributed by atoms with Crippen LogP contribution < -0.4 is 5.32 Å². The smallest absolute Gasteiger partial charge is 0.161 e. The van der Waals surface area contributed by atoms with Gasteiger partial charge in [0.05, 0.1) is 0 Å². The summed E-state index contributed by atoms with van der Waals surface area (Å²) in [4.78, 5) is 9.00. The van der Waals surface area contributed by atoms with Crippen LogP contribution in [0.1, 0.15) is 36.9 Å². The van der Waals surface area contributed by atoms with Gasteiger partial charge in [0.25, 0.3) is 0 Å². The van der Waals surface area contributed by atoms with E-state index in [9.17, 15) is 0 Å². The summed E-state index contributed by atoms with van der Waals surface area (Å²) in [6.45, 7) is 2.15. The molecule has 0 spiro atoms. The molecule has 4 rings (SSSR count). The second kappa shape index (κ2) is 5.83. The van der Waals surface area contributed by atoms with Crippen molar-refractivity contribution in [1.29, 1.82) is 0 Å². The molecule has 5 nitrogen and oxygen atoms in total. The van der Waals surface area contributed by atoms with Crippen molar-refractivity contribution in [3.8, 4) is 11.4 Å². The number of nitrogens with one attached hydrogen (secondary N) is 2. The van der Waals surface area contributed by atoms with Crippen LogP contribution in [0.5, 0.6) is 0 Å². The zero-order valence-corrected chi connectivity index (χ0v) is 13.1. The van der Waals surface area contributed by atoms with E-state index in [2.05, 4.69) is 50.6 Å². The number of H-pyrrole nitrogens is 1. The van der Waals surface area contributed by atoms with E-state index in [4.69, 9.17) is 0 Å². The van der Waals surface area contributed by atoms with E-state index in [1.54, 1.807) is 6.20 Å². The molecule has 0 aliphatic heterocycles. The van der Waals surface area contributed by atoms with Gasteiger partial charge in [-0.3, -0.25) is 5.10 Å². The Balaban J connectivity index is 1.57. The third-order valence-corrected chi connectivity index (χ3v) is 4.12. The van der Waals surface area contributed by atoms with Crippen LogP contribution in [-0.4, -0.2) is 20.2 Å². The molecule has 116 valence electrons. The summed E-state index contributed by atoms with van der Waals surface area (Å²) < 4.78 is 0. The highest BCUT2D eigenvalue weighted by Crippen LogP contribution is 2.39. The Morgan fingerprint density at radius 3 is 2.91 bits per heavy atom. The van der Waals surface area contributed by atoms with Crippen molar-refractivity contribution in [3.63, 3.8) is 0 Å². The first-order chi connectivity index (χ1) is 11.3. The maximum absolute atomic E-state index is 4.61. The topological polar surface area (TPSA) is 66.5 Å². The van der Waals surface area contributed by atoms with Crippen LogP contribution in [0.25, 0.3) is 11.4 Å². The minimum atomic E-state index is 0.663. The van der Waals surface area contributed by atoms with E-state index in [0.717, 1.165) is 29.4 Å². The van der Waals surface area contributed by atoms with Gasteiger partial charge in [0, 0.05) is 29.4 Å². The molecule has 1 fully saturated rings.